The fourth-order valence-corrected chi connectivity index (χ4v) is 2.71. The second kappa shape index (κ2) is 10.9. The van der Waals surface area contributed by atoms with Crippen molar-refractivity contribution in [1.82, 2.24) is 5.32 Å². The predicted molar refractivity (Wildman–Crippen MR) is 86.2 cm³/mol. The highest BCUT2D eigenvalue weighted by Crippen LogP contribution is 2.26. The van der Waals surface area contributed by atoms with Crippen LogP contribution in [-0.2, 0) is 23.8 Å². The van der Waals surface area contributed by atoms with Crippen molar-refractivity contribution < 1.29 is 54.4 Å². The largest absolute Gasteiger partial charge is 0.394 e. The van der Waals surface area contributed by atoms with E-state index in [2.05, 4.69) is 5.32 Å². The van der Waals surface area contributed by atoms with Crippen LogP contribution in [0.15, 0.2) is 0 Å². The van der Waals surface area contributed by atoms with Crippen LogP contribution in [0.2, 0.25) is 0 Å². The Balaban J connectivity index is 3.06. The van der Waals surface area contributed by atoms with Crippen LogP contribution < -0.4 is 5.32 Å². The first-order valence-electron chi connectivity index (χ1n) is 8.21. The van der Waals surface area contributed by atoms with Gasteiger partial charge in [-0.25, -0.2) is 0 Å². The second-order valence-corrected chi connectivity index (χ2v) is 6.11. The Kier molecular flexibility index (Phi) is 9.66. The van der Waals surface area contributed by atoms with Gasteiger partial charge < -0.3 is 55.0 Å². The number of rotatable bonds is 10. The molecule has 1 aliphatic heterocycles. The normalized spacial score (nSPS) is 33.0. The first-order chi connectivity index (χ1) is 12.7. The summed E-state index contributed by atoms with van der Waals surface area (Å²) >= 11 is 0. The average molecular weight is 397 g/mol. The van der Waals surface area contributed by atoms with Crippen molar-refractivity contribution in [3.05, 3.63) is 0 Å². The lowest BCUT2D eigenvalue weighted by atomic mass is 9.98. The maximum Gasteiger partial charge on any atom is 0.217 e. The molecule has 0 aromatic rings. The molecule has 1 rings (SSSR count). The highest BCUT2D eigenvalue weighted by Gasteiger charge is 2.47. The van der Waals surface area contributed by atoms with Crippen molar-refractivity contribution in [3.8, 4) is 0 Å². The van der Waals surface area contributed by atoms with Crippen molar-refractivity contribution in [1.29, 1.82) is 0 Å². The molecule has 9 atom stereocenters. The van der Waals surface area contributed by atoms with E-state index in [1.807, 2.05) is 0 Å². The zero-order valence-corrected chi connectivity index (χ0v) is 14.9. The summed E-state index contributed by atoms with van der Waals surface area (Å²) < 4.78 is 15.7. The highest BCUT2D eigenvalue weighted by molar-refractivity contribution is 5.77. The topological polar surface area (TPSA) is 195 Å². The van der Waals surface area contributed by atoms with Crippen molar-refractivity contribution in [3.63, 3.8) is 0 Å². The summed E-state index contributed by atoms with van der Waals surface area (Å²) in [5.74, 6) is -0.633. The minimum absolute atomic E-state index is 0.219. The van der Waals surface area contributed by atoms with Gasteiger partial charge >= 0.3 is 0 Å². The Hall–Kier alpha value is -1.22. The van der Waals surface area contributed by atoms with Crippen molar-refractivity contribution >= 4 is 12.2 Å². The number of carbonyl (C=O) groups is 2. The first-order valence-corrected chi connectivity index (χ1v) is 8.21. The fraction of sp³-hybridized carbons (Fsp3) is 0.867. The Morgan fingerprint density at radius 1 is 1.26 bits per heavy atom. The number of hydrogen-bond donors (Lipinski definition) is 7. The number of aldehydes is 1. The van der Waals surface area contributed by atoms with Gasteiger partial charge in [0.2, 0.25) is 5.91 Å². The molecule has 1 saturated heterocycles. The van der Waals surface area contributed by atoms with E-state index in [1.54, 1.807) is 0 Å². The van der Waals surface area contributed by atoms with Gasteiger partial charge in [0.05, 0.1) is 13.2 Å². The molecular weight excluding hydrogens is 370 g/mol. The van der Waals surface area contributed by atoms with Crippen LogP contribution in [-0.4, -0.2) is 118 Å². The minimum Gasteiger partial charge on any atom is -0.394 e. The van der Waals surface area contributed by atoms with Gasteiger partial charge in [-0.3, -0.25) is 4.79 Å². The zero-order chi connectivity index (χ0) is 20.7. The third-order valence-electron chi connectivity index (χ3n) is 4.18. The molecule has 7 N–H and O–H groups in total. The number of aliphatic hydroxyl groups is 6. The van der Waals surface area contributed by atoms with E-state index in [-0.39, 0.29) is 6.29 Å². The van der Waals surface area contributed by atoms with Crippen molar-refractivity contribution in [2.75, 3.05) is 20.3 Å². The van der Waals surface area contributed by atoms with Gasteiger partial charge in [0.25, 0.3) is 0 Å². The molecule has 0 radical (unpaired) electrons. The molecule has 0 aromatic carbocycles. The average Bonchev–Trinajstić information content (AvgIpc) is 2.65. The summed E-state index contributed by atoms with van der Waals surface area (Å²) in [5, 5.41) is 60.9. The lowest BCUT2D eigenvalue weighted by Crippen LogP contribution is -2.62. The van der Waals surface area contributed by atoms with Gasteiger partial charge in [0.15, 0.2) is 6.29 Å². The highest BCUT2D eigenvalue weighted by atomic mass is 16.7. The maximum atomic E-state index is 11.2. The van der Waals surface area contributed by atoms with Crippen molar-refractivity contribution in [2.45, 2.75) is 62.0 Å². The van der Waals surface area contributed by atoms with E-state index in [9.17, 15) is 40.2 Å². The van der Waals surface area contributed by atoms with E-state index >= 15 is 0 Å². The Bertz CT molecular complexity index is 479. The molecule has 1 fully saturated rings. The van der Waals surface area contributed by atoms with E-state index < -0.39 is 74.2 Å². The first kappa shape index (κ1) is 23.8. The van der Waals surface area contributed by atoms with Crippen LogP contribution in [0.3, 0.4) is 0 Å². The molecule has 0 unspecified atom stereocenters. The predicted octanol–water partition coefficient (Wildman–Crippen LogP) is -4.76. The second-order valence-electron chi connectivity index (χ2n) is 6.11. The fourth-order valence-electron chi connectivity index (χ4n) is 2.71. The Labute approximate surface area is 155 Å². The molecule has 12 nitrogen and oxygen atoms in total. The summed E-state index contributed by atoms with van der Waals surface area (Å²) in [7, 11) is 1.18. The lowest BCUT2D eigenvalue weighted by Gasteiger charge is -2.43. The molecule has 0 spiro atoms. The molecule has 1 amide bonds. The maximum absolute atomic E-state index is 11.2. The summed E-state index contributed by atoms with van der Waals surface area (Å²) in [6.45, 7) is -0.435. The van der Waals surface area contributed by atoms with Crippen LogP contribution in [0.25, 0.3) is 0 Å². The number of methoxy groups -OCH3 is 1. The molecule has 12 heteroatoms. The smallest absolute Gasteiger partial charge is 0.217 e. The molecule has 158 valence electrons. The monoisotopic (exact) mass is 397 g/mol. The standard InChI is InChI=1S/C15H27NO11/c1-6(20)16-7(3-17)10(22)13(8(21)4-18)27-15-14(25-2)12(24)11(23)9(5-19)26-15/h3,7-15,18-19,21-24H,4-5H2,1-2H3,(H,16,20)/t7-,8-,9-,10-,11+,12+,13-,14-,15+/m1/s1. The number of carbonyl (C=O) groups excluding carboxylic acids is 2. The molecule has 0 aromatic heterocycles. The number of ether oxygens (including phenoxy) is 3. The number of hydrogen-bond acceptors (Lipinski definition) is 11. The van der Waals surface area contributed by atoms with Gasteiger partial charge in [-0.15, -0.1) is 0 Å². The van der Waals surface area contributed by atoms with Crippen LogP contribution in [0.1, 0.15) is 6.92 Å². The van der Waals surface area contributed by atoms with Gasteiger partial charge in [-0.1, -0.05) is 0 Å². The summed E-state index contributed by atoms with van der Waals surface area (Å²) in [5.41, 5.74) is 0. The minimum atomic E-state index is -1.80. The molecule has 27 heavy (non-hydrogen) atoms. The molecule has 1 heterocycles. The van der Waals surface area contributed by atoms with Crippen LogP contribution in [0.4, 0.5) is 0 Å². The third kappa shape index (κ3) is 5.88. The van der Waals surface area contributed by atoms with Gasteiger partial charge in [0.1, 0.15) is 55.1 Å². The molecule has 0 aliphatic carbocycles. The van der Waals surface area contributed by atoms with Crippen LogP contribution in [0, 0.1) is 0 Å². The Morgan fingerprint density at radius 2 is 1.89 bits per heavy atom. The summed E-state index contributed by atoms with van der Waals surface area (Å²) in [6, 6.07) is -1.47. The zero-order valence-electron chi connectivity index (χ0n) is 14.9. The van der Waals surface area contributed by atoms with Crippen LogP contribution in [0.5, 0.6) is 0 Å². The summed E-state index contributed by atoms with van der Waals surface area (Å²) in [4.78, 5) is 22.3. The quantitative estimate of drug-likeness (QED) is 0.175. The Morgan fingerprint density at radius 3 is 2.33 bits per heavy atom. The van der Waals surface area contributed by atoms with Gasteiger partial charge in [0, 0.05) is 14.0 Å². The molecular formula is C15H27NO11. The van der Waals surface area contributed by atoms with Crippen molar-refractivity contribution in [2.24, 2.45) is 0 Å². The number of amides is 1. The SMILES string of the molecule is CO[C@H]1[C@H](O[C@@H]([C@H](O)[C@@H](C=O)NC(C)=O)[C@H](O)CO)O[C@H](CO)[C@H](O)[C@@H]1O. The van der Waals surface area contributed by atoms with E-state index in [1.165, 1.54) is 7.11 Å². The van der Waals surface area contributed by atoms with E-state index in [0.717, 1.165) is 6.92 Å². The van der Waals surface area contributed by atoms with Gasteiger partial charge in [-0.2, -0.15) is 0 Å². The number of aliphatic hydroxyl groups excluding tert-OH is 6. The summed E-state index contributed by atoms with van der Waals surface area (Å²) in [6.07, 6.45) is -12.0. The molecule has 1 aliphatic rings. The molecule has 0 saturated carbocycles. The van der Waals surface area contributed by atoms with E-state index in [4.69, 9.17) is 14.2 Å². The third-order valence-corrected chi connectivity index (χ3v) is 4.18. The molecule has 0 bridgehead atoms. The lowest BCUT2D eigenvalue weighted by molar-refractivity contribution is -0.328. The van der Waals surface area contributed by atoms with Gasteiger partial charge in [-0.05, 0) is 0 Å². The van der Waals surface area contributed by atoms with E-state index in [0.29, 0.717) is 0 Å². The number of nitrogens with one attached hydrogen (secondary N) is 1. The van der Waals surface area contributed by atoms with Crippen LogP contribution >= 0.6 is 0 Å².